The van der Waals surface area contributed by atoms with Crippen molar-refractivity contribution in [2.45, 2.75) is 12.0 Å². The zero-order chi connectivity index (χ0) is 18.2. The van der Waals surface area contributed by atoms with E-state index < -0.39 is 28.6 Å². The zero-order valence-electron chi connectivity index (χ0n) is 13.2. The molecule has 1 heterocycles. The summed E-state index contributed by atoms with van der Waals surface area (Å²) in [6.07, 6.45) is -0.528. The van der Waals surface area contributed by atoms with Crippen molar-refractivity contribution in [2.75, 3.05) is 12.4 Å². The Morgan fingerprint density at radius 2 is 2.04 bits per heavy atom. The molecule has 8 nitrogen and oxygen atoms in total. The molecule has 8 heteroatoms. The maximum absolute atomic E-state index is 12.5. The van der Waals surface area contributed by atoms with Crippen molar-refractivity contribution in [3.63, 3.8) is 0 Å². The number of nitro benzene ring substituents is 1. The normalized spacial score (nSPS) is 18.4. The quantitative estimate of drug-likeness (QED) is 0.487. The van der Waals surface area contributed by atoms with Gasteiger partial charge in [-0.1, -0.05) is 18.2 Å². The van der Waals surface area contributed by atoms with E-state index >= 15 is 0 Å². The summed E-state index contributed by atoms with van der Waals surface area (Å²) >= 11 is 0. The molecule has 0 bridgehead atoms. The van der Waals surface area contributed by atoms with Gasteiger partial charge in [0.2, 0.25) is 0 Å². The van der Waals surface area contributed by atoms with Crippen LogP contribution in [0.5, 0.6) is 5.75 Å². The molecule has 0 fully saturated rings. The predicted molar refractivity (Wildman–Crippen MR) is 87.6 cm³/mol. The molecule has 0 radical (unpaired) electrons. The summed E-state index contributed by atoms with van der Waals surface area (Å²) in [5, 5.41) is 24.3. The van der Waals surface area contributed by atoms with E-state index in [4.69, 9.17) is 4.74 Å². The van der Waals surface area contributed by atoms with Gasteiger partial charge in [-0.25, -0.2) is 0 Å². The molecule has 1 aliphatic heterocycles. The second-order valence-electron chi connectivity index (χ2n) is 5.60. The Kier molecular flexibility index (Phi) is 3.97. The number of aliphatic hydroxyl groups is 1. The van der Waals surface area contributed by atoms with E-state index in [1.165, 1.54) is 19.2 Å². The zero-order valence-corrected chi connectivity index (χ0v) is 13.2. The van der Waals surface area contributed by atoms with Gasteiger partial charge in [-0.3, -0.25) is 19.7 Å². The van der Waals surface area contributed by atoms with E-state index in [2.05, 4.69) is 5.32 Å². The summed E-state index contributed by atoms with van der Waals surface area (Å²) < 4.78 is 4.89. The second kappa shape index (κ2) is 5.99. The summed E-state index contributed by atoms with van der Waals surface area (Å²) in [6.45, 7) is 0. The molecule has 0 saturated heterocycles. The minimum absolute atomic E-state index is 0.0121. The molecule has 128 valence electrons. The number of hydrogen-bond acceptors (Lipinski definition) is 6. The molecule has 1 amide bonds. The van der Waals surface area contributed by atoms with Gasteiger partial charge >= 0.3 is 5.69 Å². The van der Waals surface area contributed by atoms with Crippen LogP contribution in [0.3, 0.4) is 0 Å². The monoisotopic (exact) mass is 342 g/mol. The first-order chi connectivity index (χ1) is 11.9. The Labute approximate surface area is 142 Å². The molecule has 1 atom stereocenters. The van der Waals surface area contributed by atoms with Crippen molar-refractivity contribution >= 4 is 23.1 Å². The smallest absolute Gasteiger partial charge is 0.311 e. The molecule has 2 N–H and O–H groups in total. The summed E-state index contributed by atoms with van der Waals surface area (Å²) in [5.74, 6) is -1.28. The second-order valence-corrected chi connectivity index (χ2v) is 5.60. The minimum Gasteiger partial charge on any atom is -0.490 e. The van der Waals surface area contributed by atoms with Gasteiger partial charge in [0, 0.05) is 22.9 Å². The number of ketones is 1. The Balaban J connectivity index is 1.94. The molecule has 0 unspecified atom stereocenters. The summed E-state index contributed by atoms with van der Waals surface area (Å²) in [4.78, 5) is 35.1. The van der Waals surface area contributed by atoms with Gasteiger partial charge in [0.15, 0.2) is 17.1 Å². The fourth-order valence-corrected chi connectivity index (χ4v) is 2.82. The van der Waals surface area contributed by atoms with Crippen molar-refractivity contribution in [1.29, 1.82) is 0 Å². The first-order valence-corrected chi connectivity index (χ1v) is 7.36. The van der Waals surface area contributed by atoms with Crippen LogP contribution in [0.2, 0.25) is 0 Å². The third-order valence-corrected chi connectivity index (χ3v) is 4.11. The van der Waals surface area contributed by atoms with Crippen LogP contribution in [0.1, 0.15) is 22.3 Å². The number of fused-ring (bicyclic) bond motifs is 1. The van der Waals surface area contributed by atoms with Crippen LogP contribution in [0.25, 0.3) is 0 Å². The number of benzene rings is 2. The largest absolute Gasteiger partial charge is 0.490 e. The van der Waals surface area contributed by atoms with Crippen molar-refractivity contribution in [3.05, 3.63) is 63.7 Å². The SMILES string of the molecule is COc1ccc(C(=O)C[C@]2(O)C(=O)Nc3ccccc32)cc1[N+](=O)[O-]. The van der Waals surface area contributed by atoms with Crippen molar-refractivity contribution in [2.24, 2.45) is 0 Å². The predicted octanol–water partition coefficient (Wildman–Crippen LogP) is 2.02. The summed E-state index contributed by atoms with van der Waals surface area (Å²) in [5.41, 5.74) is -1.63. The third kappa shape index (κ3) is 2.72. The van der Waals surface area contributed by atoms with Gasteiger partial charge in [0.1, 0.15) is 0 Å². The van der Waals surface area contributed by atoms with E-state index in [9.17, 15) is 24.8 Å². The highest BCUT2D eigenvalue weighted by molar-refractivity contribution is 6.09. The van der Waals surface area contributed by atoms with Crippen LogP contribution in [0.4, 0.5) is 11.4 Å². The number of anilines is 1. The van der Waals surface area contributed by atoms with Crippen molar-refractivity contribution in [1.82, 2.24) is 0 Å². The van der Waals surface area contributed by atoms with Crippen LogP contribution in [-0.2, 0) is 10.4 Å². The number of carbonyl (C=O) groups is 2. The Bertz CT molecular complexity index is 894. The van der Waals surface area contributed by atoms with Crippen molar-refractivity contribution in [3.8, 4) is 5.75 Å². The maximum atomic E-state index is 12.5. The maximum Gasteiger partial charge on any atom is 0.311 e. The lowest BCUT2D eigenvalue weighted by atomic mass is 9.88. The number of nitrogens with one attached hydrogen (secondary N) is 1. The number of carbonyl (C=O) groups excluding carboxylic acids is 2. The summed E-state index contributed by atoms with van der Waals surface area (Å²) in [6, 6.07) is 10.2. The van der Waals surface area contributed by atoms with Crippen LogP contribution < -0.4 is 10.1 Å². The van der Waals surface area contributed by atoms with E-state index in [0.717, 1.165) is 6.07 Å². The topological polar surface area (TPSA) is 119 Å². The first-order valence-electron chi connectivity index (χ1n) is 7.36. The fraction of sp³-hybridized carbons (Fsp3) is 0.176. The lowest BCUT2D eigenvalue weighted by Gasteiger charge is -2.20. The Morgan fingerprint density at radius 3 is 2.72 bits per heavy atom. The average Bonchev–Trinajstić information content (AvgIpc) is 2.85. The van der Waals surface area contributed by atoms with Gasteiger partial charge < -0.3 is 15.2 Å². The first kappa shape index (κ1) is 16.6. The third-order valence-electron chi connectivity index (χ3n) is 4.11. The highest BCUT2D eigenvalue weighted by Crippen LogP contribution is 2.39. The molecule has 0 aliphatic carbocycles. The lowest BCUT2D eigenvalue weighted by Crippen LogP contribution is -2.36. The van der Waals surface area contributed by atoms with Gasteiger partial charge in [-0.2, -0.15) is 0 Å². The van der Waals surface area contributed by atoms with Crippen LogP contribution >= 0.6 is 0 Å². The number of nitrogens with zero attached hydrogens (tertiary/aromatic N) is 1. The lowest BCUT2D eigenvalue weighted by molar-refractivity contribution is -0.385. The molecule has 2 aromatic carbocycles. The van der Waals surface area contributed by atoms with Gasteiger partial charge in [-0.15, -0.1) is 0 Å². The molecule has 0 spiro atoms. The van der Waals surface area contributed by atoms with Crippen molar-refractivity contribution < 1.29 is 24.4 Å². The molecule has 3 rings (SSSR count). The average molecular weight is 342 g/mol. The number of rotatable bonds is 5. The molecule has 25 heavy (non-hydrogen) atoms. The van der Waals surface area contributed by atoms with Crippen LogP contribution in [-0.4, -0.2) is 28.8 Å². The number of methoxy groups -OCH3 is 1. The molecular formula is C17H14N2O6. The van der Waals surface area contributed by atoms with Crippen LogP contribution in [0, 0.1) is 10.1 Å². The number of nitro groups is 1. The van der Waals surface area contributed by atoms with Gasteiger partial charge in [-0.05, 0) is 18.2 Å². The van der Waals surface area contributed by atoms with E-state index in [1.807, 2.05) is 0 Å². The number of amides is 1. The molecular weight excluding hydrogens is 328 g/mol. The molecule has 2 aromatic rings. The number of hydrogen-bond donors (Lipinski definition) is 2. The van der Waals surface area contributed by atoms with Gasteiger partial charge in [0.05, 0.1) is 18.5 Å². The Morgan fingerprint density at radius 1 is 1.32 bits per heavy atom. The van der Waals surface area contributed by atoms with E-state index in [0.29, 0.717) is 11.3 Å². The highest BCUT2D eigenvalue weighted by Gasteiger charge is 2.46. The Hall–Kier alpha value is -3.26. The van der Waals surface area contributed by atoms with E-state index in [1.54, 1.807) is 24.3 Å². The van der Waals surface area contributed by atoms with E-state index in [-0.39, 0.29) is 17.0 Å². The summed E-state index contributed by atoms with van der Waals surface area (Å²) in [7, 11) is 1.28. The fourth-order valence-electron chi connectivity index (χ4n) is 2.82. The van der Waals surface area contributed by atoms with Gasteiger partial charge in [0.25, 0.3) is 5.91 Å². The standard InChI is InChI=1S/C17H14N2O6/c1-25-15-7-6-10(8-13(15)19(23)24)14(20)9-17(22)11-4-2-3-5-12(11)18-16(17)21/h2-8,22H,9H2,1H3,(H,18,21)/t17-/m1/s1. The molecule has 0 aromatic heterocycles. The highest BCUT2D eigenvalue weighted by atomic mass is 16.6. The minimum atomic E-state index is -2.01. The van der Waals surface area contributed by atoms with Crippen LogP contribution in [0.15, 0.2) is 42.5 Å². The molecule has 1 aliphatic rings. The molecule has 0 saturated carbocycles. The number of para-hydroxylation sites is 1. The number of ether oxygens (including phenoxy) is 1. The number of Topliss-reactive ketones (excluding diaryl/α,β-unsaturated/α-hetero) is 1.